The number of aliphatic hydroxyl groups excluding tert-OH is 4. The predicted molar refractivity (Wildman–Crippen MR) is 308 cm³/mol. The first-order valence-electron chi connectivity index (χ1n) is 27.6. The molecule has 8 aromatic rings. The van der Waals surface area contributed by atoms with Crippen LogP contribution in [-0.4, -0.2) is 154 Å². The number of aliphatic carboxylic acids is 3. The predicted octanol–water partition coefficient (Wildman–Crippen LogP) is 5.25. The van der Waals surface area contributed by atoms with Crippen LogP contribution in [-0.2, 0) is 94.1 Å². The molecular weight excluding hydrogens is 1130 g/mol. The van der Waals surface area contributed by atoms with Crippen LogP contribution >= 0.6 is 0 Å². The lowest BCUT2D eigenvalue weighted by Gasteiger charge is -2.42. The summed E-state index contributed by atoms with van der Waals surface area (Å²) in [6, 6.07) is 37.5. The van der Waals surface area contributed by atoms with E-state index in [0.29, 0.717) is 28.7 Å². The molecule has 0 radical (unpaired) electrons. The Kier molecular flexibility index (Phi) is 18.5. The van der Waals surface area contributed by atoms with Crippen molar-refractivity contribution in [3.63, 3.8) is 0 Å². The molecule has 2 fully saturated rings. The van der Waals surface area contributed by atoms with E-state index in [1.807, 2.05) is 133 Å². The first-order chi connectivity index (χ1) is 41.9. The largest absolute Gasteiger partial charge is 0.481 e. The first-order valence-corrected chi connectivity index (χ1v) is 27.6. The van der Waals surface area contributed by atoms with Crippen LogP contribution in [0.1, 0.15) is 51.8 Å². The number of aromatic amines is 3. The number of carboxylic acid groups (broad SMARTS) is 3. The zero-order valence-electron chi connectivity index (χ0n) is 46.1. The Morgan fingerprint density at radius 3 is 1.30 bits per heavy atom. The Balaban J connectivity index is 0.000000263. The van der Waals surface area contributed by atoms with Crippen molar-refractivity contribution in [2.75, 3.05) is 0 Å². The van der Waals surface area contributed by atoms with Crippen molar-refractivity contribution in [2.24, 2.45) is 0 Å². The summed E-state index contributed by atoms with van der Waals surface area (Å²) in [5.74, 6) is -7.31. The molecule has 23 heteroatoms. The van der Waals surface area contributed by atoms with Gasteiger partial charge in [0.05, 0.1) is 32.1 Å². The molecule has 4 aliphatic rings. The smallest absolute Gasteiger partial charge is 0.337 e. The number of carbonyl (C=O) groups is 7. The van der Waals surface area contributed by atoms with Crippen LogP contribution in [0.3, 0.4) is 0 Å². The molecule has 10 N–H and O–H groups in total. The summed E-state index contributed by atoms with van der Waals surface area (Å²) in [5, 5.41) is 65.9. The van der Waals surface area contributed by atoms with Crippen molar-refractivity contribution < 1.29 is 97.7 Å². The lowest BCUT2D eigenvalue weighted by Crippen LogP contribution is -2.64. The summed E-state index contributed by atoms with van der Waals surface area (Å²) in [5.41, 5.74) is 9.86. The molecule has 0 bridgehead atoms. The van der Waals surface area contributed by atoms with Crippen molar-refractivity contribution in [1.29, 1.82) is 0 Å². The van der Waals surface area contributed by atoms with Gasteiger partial charge in [-0.3, -0.25) is 24.0 Å². The second-order valence-electron chi connectivity index (χ2n) is 20.9. The highest BCUT2D eigenvalue weighted by Gasteiger charge is 2.56. The van der Waals surface area contributed by atoms with Crippen LogP contribution < -0.4 is 0 Å². The summed E-state index contributed by atoms with van der Waals surface area (Å²) in [6.45, 7) is 0. The second kappa shape index (κ2) is 26.7. The average molecular weight is 1190 g/mol. The number of ether oxygens (including phenoxy) is 6. The van der Waals surface area contributed by atoms with Crippen molar-refractivity contribution >= 4 is 85.6 Å². The number of carbonyl (C=O) groups excluding carboxylic acids is 4. The number of para-hydroxylation sites is 3. The molecule has 0 amide bonds. The van der Waals surface area contributed by atoms with E-state index < -0.39 is 103 Å². The maximum Gasteiger partial charge on any atom is 0.337 e. The number of hydrogen-bond donors (Lipinski definition) is 10. The molecular formula is C64H59N3O20. The molecule has 5 heterocycles. The van der Waals surface area contributed by atoms with E-state index in [0.717, 1.165) is 61.4 Å². The zero-order valence-corrected chi connectivity index (χ0v) is 46.1. The molecule has 1 unspecified atom stereocenters. The highest BCUT2D eigenvalue weighted by molar-refractivity contribution is 5.91. The number of nitrogens with one attached hydrogen (secondary N) is 3. The molecule has 3 aromatic heterocycles. The number of aliphatic hydroxyl groups is 4. The second-order valence-corrected chi connectivity index (χ2v) is 20.9. The molecule has 5 aromatic carbocycles. The summed E-state index contributed by atoms with van der Waals surface area (Å²) in [4.78, 5) is 98.8. The van der Waals surface area contributed by atoms with E-state index in [-0.39, 0.29) is 32.1 Å². The van der Waals surface area contributed by atoms with Crippen LogP contribution in [0.2, 0.25) is 0 Å². The lowest BCUT2D eigenvalue weighted by molar-refractivity contribution is -0.294. The molecule has 0 spiro atoms. The van der Waals surface area contributed by atoms with Gasteiger partial charge in [-0.2, -0.15) is 0 Å². The van der Waals surface area contributed by atoms with Gasteiger partial charge in [0.2, 0.25) is 12.4 Å². The number of hydrogen-bond acceptors (Lipinski definition) is 17. The monoisotopic (exact) mass is 1190 g/mol. The Morgan fingerprint density at radius 2 is 0.828 bits per heavy atom. The van der Waals surface area contributed by atoms with E-state index >= 15 is 0 Å². The summed E-state index contributed by atoms with van der Waals surface area (Å²) in [7, 11) is 0. The summed E-state index contributed by atoms with van der Waals surface area (Å²) in [6.07, 6.45) is -8.82. The van der Waals surface area contributed by atoms with E-state index in [1.54, 1.807) is 18.6 Å². The van der Waals surface area contributed by atoms with E-state index in [4.69, 9.17) is 54.3 Å². The third-order valence-electron chi connectivity index (χ3n) is 15.2. The van der Waals surface area contributed by atoms with E-state index in [9.17, 15) is 38.7 Å². The fourth-order valence-corrected chi connectivity index (χ4v) is 11.0. The number of benzene rings is 5. The van der Waals surface area contributed by atoms with Gasteiger partial charge in [-0.25, -0.2) is 9.59 Å². The lowest BCUT2D eigenvalue weighted by atomic mass is 9.97. The Morgan fingerprint density at radius 1 is 0.425 bits per heavy atom. The van der Waals surface area contributed by atoms with Gasteiger partial charge in [0.25, 0.3) is 0 Å². The third kappa shape index (κ3) is 13.8. The van der Waals surface area contributed by atoms with Crippen LogP contribution in [0.25, 0.3) is 43.9 Å². The number of H-pyrrole nitrogens is 3. The number of allylic oxidation sites excluding steroid dienone is 2. The van der Waals surface area contributed by atoms with Crippen molar-refractivity contribution in [2.45, 2.75) is 106 Å². The van der Waals surface area contributed by atoms with E-state index in [2.05, 4.69) is 19.7 Å². The summed E-state index contributed by atoms with van der Waals surface area (Å²) >= 11 is 0. The average Bonchev–Trinajstić information content (AvgIpc) is 2.85. The van der Waals surface area contributed by atoms with Gasteiger partial charge >= 0.3 is 41.8 Å². The Bertz CT molecular complexity index is 3950. The molecule has 23 nitrogen and oxygen atoms in total. The fraction of sp³-hybridized carbons (Fsp3) is 0.266. The fourth-order valence-electron chi connectivity index (χ4n) is 11.0. The van der Waals surface area contributed by atoms with Crippen molar-refractivity contribution in [3.8, 4) is 0 Å². The number of rotatable bonds is 16. The molecule has 450 valence electrons. The first kappa shape index (κ1) is 60.4. The third-order valence-corrected chi connectivity index (χ3v) is 15.2. The molecule has 2 saturated heterocycles. The molecule has 87 heavy (non-hydrogen) atoms. The van der Waals surface area contributed by atoms with Gasteiger partial charge in [0.15, 0.2) is 30.7 Å². The number of aromatic nitrogens is 3. The summed E-state index contributed by atoms with van der Waals surface area (Å²) < 4.78 is 34.1. The van der Waals surface area contributed by atoms with Crippen LogP contribution in [0.15, 0.2) is 152 Å². The minimum Gasteiger partial charge on any atom is -0.481 e. The van der Waals surface area contributed by atoms with Crippen molar-refractivity contribution in [1.82, 2.24) is 15.0 Å². The SMILES string of the molecule is O=C(Cc1c[nH]c2ccccc12)OC1O[C@H](C(=O)O)[C@@H](OC(=O)CC2=CCc3ccccc32)[C@H](OC(=O)Cc2c[nH]c3ccccc23)[C@H]1OC(=O)Cc1c[nH]c2ccccc12.O=C(O)CC1=CCc2ccccc21.O=C(O)[C@H]1O[C@H](O)[C@H](O)[C@@H](O)[C@@H]1O. The van der Waals surface area contributed by atoms with Crippen molar-refractivity contribution in [3.05, 3.63) is 191 Å². The van der Waals surface area contributed by atoms with Crippen LogP contribution in [0.5, 0.6) is 0 Å². The molecule has 12 rings (SSSR count). The molecule has 0 saturated carbocycles. The minimum atomic E-state index is -2.03. The van der Waals surface area contributed by atoms with Crippen LogP contribution in [0.4, 0.5) is 0 Å². The van der Waals surface area contributed by atoms with E-state index in [1.165, 1.54) is 5.56 Å². The Labute approximate surface area is 494 Å². The standard InChI is InChI=1S/C47H39N3O11.C11H10O2.C6H10O7/c51-38(19-27-18-17-26-9-1-2-10-31(26)27)57-42-43(58-39(52)20-28-23-48-35-14-6-3-11-32(28)35)45(59-40(53)21-29-24-49-36-15-7-4-12-33(29)36)47(61-44(42)46(55)56)60-41(54)22-30-25-50-37-16-8-5-13-34(30)37;12-11(13)7-9-6-5-8-3-1-2-4-10(8)9;7-1-2(8)4(5(10)11)13-6(12)3(1)9/h1-16,18,23-25,42-45,47-50H,17,19-22H2,(H,55,56);1-4,6H,5,7H2,(H,12,13);1-4,6-9,12H,(H,10,11)/t42-,43-,44-,45+,47?;;1-,2-,3+,4-,6-/m0.0/s1. The number of esters is 4. The van der Waals surface area contributed by atoms with Gasteiger partial charge in [0.1, 0.15) is 18.3 Å². The molecule has 2 aliphatic heterocycles. The Hall–Kier alpha value is -9.75. The molecule has 10 atom stereocenters. The van der Waals surface area contributed by atoms with Crippen LogP contribution in [0, 0.1) is 0 Å². The van der Waals surface area contributed by atoms with Gasteiger partial charge in [-0.15, -0.1) is 0 Å². The number of carboxylic acids is 3. The highest BCUT2D eigenvalue weighted by Crippen LogP contribution is 2.35. The van der Waals surface area contributed by atoms with Gasteiger partial charge in [-0.1, -0.05) is 115 Å². The maximum absolute atomic E-state index is 14.0. The number of fused-ring (bicyclic) bond motifs is 5. The quantitative estimate of drug-likeness (QED) is 0.0436. The maximum atomic E-state index is 14.0. The normalized spacial score (nSPS) is 22.7. The van der Waals surface area contributed by atoms with Gasteiger partial charge < -0.3 is 79.1 Å². The highest BCUT2D eigenvalue weighted by atomic mass is 16.7. The minimum absolute atomic E-state index is 0.136. The molecule has 2 aliphatic carbocycles. The van der Waals surface area contributed by atoms with Gasteiger partial charge in [-0.05, 0) is 81.1 Å². The topological polar surface area (TPSA) is 364 Å². The van der Waals surface area contributed by atoms with Gasteiger partial charge in [0, 0.05) is 51.3 Å². The zero-order chi connectivity index (χ0) is 61.5.